The molecule has 1 aromatic carbocycles. The zero-order valence-corrected chi connectivity index (χ0v) is 10.9. The van der Waals surface area contributed by atoms with Gasteiger partial charge in [-0.15, -0.1) is 0 Å². The molecule has 0 atom stereocenters. The Morgan fingerprint density at radius 2 is 2.00 bits per heavy atom. The Hall–Kier alpha value is -2.28. The number of carbonyl (C=O) groups excluding carboxylic acids is 3. The van der Waals surface area contributed by atoms with Gasteiger partial charge in [0.25, 0.3) is 5.91 Å². The number of imide groups is 1. The van der Waals surface area contributed by atoms with E-state index in [2.05, 4.69) is 10.6 Å². The second-order valence-electron chi connectivity index (χ2n) is 3.54. The molecular weight excluding hydrogens is 272 g/mol. The smallest absolute Gasteiger partial charge is 0.318 e. The summed E-state index contributed by atoms with van der Waals surface area (Å²) >= 11 is 5.92. The van der Waals surface area contributed by atoms with Gasteiger partial charge in [0.15, 0.2) is 0 Å². The Bertz CT molecular complexity index is 519. The first kappa shape index (κ1) is 14.8. The van der Waals surface area contributed by atoms with Gasteiger partial charge in [0.05, 0.1) is 17.3 Å². The summed E-state index contributed by atoms with van der Waals surface area (Å²) in [4.78, 5) is 33.1. The Kier molecular flexibility index (Phi) is 5.13. The lowest BCUT2D eigenvalue weighted by atomic mass is 10.2. The SMILES string of the molecule is CNC(=O)c1ccc(Cl)c(NCC(=O)NC(N)=O)c1. The van der Waals surface area contributed by atoms with Crippen LogP contribution in [0.5, 0.6) is 0 Å². The molecule has 0 saturated carbocycles. The van der Waals surface area contributed by atoms with Crippen molar-refractivity contribution < 1.29 is 14.4 Å². The van der Waals surface area contributed by atoms with Crippen LogP contribution in [0.15, 0.2) is 18.2 Å². The minimum absolute atomic E-state index is 0.195. The Labute approximate surface area is 114 Å². The molecule has 0 unspecified atom stereocenters. The van der Waals surface area contributed by atoms with Crippen LogP contribution in [0.1, 0.15) is 10.4 Å². The standard InChI is InChI=1S/C11H13ClN4O3/c1-14-10(18)6-2-3-7(12)8(4-6)15-5-9(17)16-11(13)19/h2-4,15H,5H2,1H3,(H,14,18)(H3,13,16,17,19). The summed E-state index contributed by atoms with van der Waals surface area (Å²) in [5.74, 6) is -0.879. The Balaban J connectivity index is 2.75. The molecule has 4 amide bonds. The number of rotatable bonds is 4. The van der Waals surface area contributed by atoms with Gasteiger partial charge in [0, 0.05) is 12.6 Å². The van der Waals surface area contributed by atoms with E-state index in [4.69, 9.17) is 17.3 Å². The molecule has 19 heavy (non-hydrogen) atoms. The van der Waals surface area contributed by atoms with E-state index < -0.39 is 11.9 Å². The average Bonchev–Trinajstić information content (AvgIpc) is 2.36. The first-order valence-electron chi connectivity index (χ1n) is 5.29. The van der Waals surface area contributed by atoms with Crippen LogP contribution in [-0.2, 0) is 4.79 Å². The van der Waals surface area contributed by atoms with Crippen molar-refractivity contribution in [2.45, 2.75) is 0 Å². The second kappa shape index (κ2) is 6.60. The van der Waals surface area contributed by atoms with E-state index in [1.807, 2.05) is 5.32 Å². The monoisotopic (exact) mass is 284 g/mol. The van der Waals surface area contributed by atoms with E-state index in [0.717, 1.165) is 0 Å². The fourth-order valence-electron chi connectivity index (χ4n) is 1.30. The highest BCUT2D eigenvalue weighted by molar-refractivity contribution is 6.33. The summed E-state index contributed by atoms with van der Waals surface area (Å²) in [6.45, 7) is -0.195. The van der Waals surface area contributed by atoms with E-state index in [9.17, 15) is 14.4 Å². The van der Waals surface area contributed by atoms with Gasteiger partial charge in [-0.05, 0) is 18.2 Å². The predicted octanol–water partition coefficient (Wildman–Crippen LogP) is 0.306. The lowest BCUT2D eigenvalue weighted by Gasteiger charge is -2.09. The van der Waals surface area contributed by atoms with Crippen LogP contribution >= 0.6 is 11.6 Å². The predicted molar refractivity (Wildman–Crippen MR) is 71.1 cm³/mol. The third kappa shape index (κ3) is 4.47. The van der Waals surface area contributed by atoms with Gasteiger partial charge in [-0.25, -0.2) is 4.79 Å². The molecule has 102 valence electrons. The van der Waals surface area contributed by atoms with Crippen LogP contribution in [0, 0.1) is 0 Å². The fourth-order valence-corrected chi connectivity index (χ4v) is 1.49. The van der Waals surface area contributed by atoms with Crippen LogP contribution in [0.4, 0.5) is 10.5 Å². The minimum Gasteiger partial charge on any atom is -0.375 e. The van der Waals surface area contributed by atoms with E-state index >= 15 is 0 Å². The Morgan fingerprint density at radius 3 is 2.58 bits per heavy atom. The quantitative estimate of drug-likeness (QED) is 0.637. The van der Waals surface area contributed by atoms with E-state index in [-0.39, 0.29) is 12.5 Å². The molecule has 0 aromatic heterocycles. The molecule has 8 heteroatoms. The lowest BCUT2D eigenvalue weighted by molar-refractivity contribution is -0.118. The summed E-state index contributed by atoms with van der Waals surface area (Å²) in [6.07, 6.45) is 0. The maximum atomic E-state index is 11.4. The third-order valence-electron chi connectivity index (χ3n) is 2.16. The van der Waals surface area contributed by atoms with Crippen molar-refractivity contribution in [3.8, 4) is 0 Å². The van der Waals surface area contributed by atoms with Gasteiger partial charge in [0.1, 0.15) is 0 Å². The number of nitrogens with two attached hydrogens (primary N) is 1. The highest BCUT2D eigenvalue weighted by atomic mass is 35.5. The summed E-state index contributed by atoms with van der Waals surface area (Å²) in [5.41, 5.74) is 5.59. The summed E-state index contributed by atoms with van der Waals surface area (Å²) < 4.78 is 0. The Morgan fingerprint density at radius 1 is 1.32 bits per heavy atom. The molecule has 0 spiro atoms. The average molecular weight is 285 g/mol. The van der Waals surface area contributed by atoms with E-state index in [1.165, 1.54) is 19.2 Å². The molecule has 0 aliphatic carbocycles. The van der Waals surface area contributed by atoms with Gasteiger partial charge < -0.3 is 16.4 Å². The number of carbonyl (C=O) groups is 3. The van der Waals surface area contributed by atoms with Gasteiger partial charge in [0.2, 0.25) is 5.91 Å². The minimum atomic E-state index is -0.933. The fraction of sp³-hybridized carbons (Fsp3) is 0.182. The van der Waals surface area contributed by atoms with Crippen molar-refractivity contribution >= 4 is 35.1 Å². The van der Waals surface area contributed by atoms with Crippen molar-refractivity contribution in [2.24, 2.45) is 5.73 Å². The molecule has 7 nitrogen and oxygen atoms in total. The lowest BCUT2D eigenvalue weighted by Crippen LogP contribution is -2.38. The van der Waals surface area contributed by atoms with Gasteiger partial charge in [-0.1, -0.05) is 11.6 Å². The normalized spacial score (nSPS) is 9.58. The van der Waals surface area contributed by atoms with Crippen LogP contribution in [0.25, 0.3) is 0 Å². The first-order chi connectivity index (χ1) is 8.93. The van der Waals surface area contributed by atoms with Crippen LogP contribution in [-0.4, -0.2) is 31.4 Å². The molecule has 5 N–H and O–H groups in total. The topological polar surface area (TPSA) is 113 Å². The number of benzene rings is 1. The van der Waals surface area contributed by atoms with Crippen molar-refractivity contribution in [2.75, 3.05) is 18.9 Å². The zero-order valence-electron chi connectivity index (χ0n) is 10.1. The highest BCUT2D eigenvalue weighted by Crippen LogP contribution is 2.22. The van der Waals surface area contributed by atoms with Crippen molar-refractivity contribution in [3.63, 3.8) is 0 Å². The molecule has 1 aromatic rings. The van der Waals surface area contributed by atoms with Crippen molar-refractivity contribution in [1.82, 2.24) is 10.6 Å². The molecule has 0 aliphatic heterocycles. The summed E-state index contributed by atoms with van der Waals surface area (Å²) in [6, 6.07) is 3.65. The van der Waals surface area contributed by atoms with Crippen molar-refractivity contribution in [3.05, 3.63) is 28.8 Å². The van der Waals surface area contributed by atoms with Crippen molar-refractivity contribution in [1.29, 1.82) is 0 Å². The molecule has 0 heterocycles. The second-order valence-corrected chi connectivity index (χ2v) is 3.95. The molecular formula is C11H13ClN4O3. The van der Waals surface area contributed by atoms with E-state index in [1.54, 1.807) is 6.07 Å². The molecule has 0 aliphatic rings. The number of primary amides is 1. The highest BCUT2D eigenvalue weighted by Gasteiger charge is 2.09. The largest absolute Gasteiger partial charge is 0.375 e. The van der Waals surface area contributed by atoms with Crippen LogP contribution in [0.2, 0.25) is 5.02 Å². The summed E-state index contributed by atoms with van der Waals surface area (Å²) in [5, 5.41) is 7.42. The molecule has 0 radical (unpaired) electrons. The maximum Gasteiger partial charge on any atom is 0.318 e. The molecule has 1 rings (SSSR count). The van der Waals surface area contributed by atoms with Crippen LogP contribution < -0.4 is 21.7 Å². The maximum absolute atomic E-state index is 11.4. The first-order valence-corrected chi connectivity index (χ1v) is 5.66. The number of amides is 4. The van der Waals surface area contributed by atoms with Gasteiger partial charge in [-0.3, -0.25) is 14.9 Å². The number of nitrogens with one attached hydrogen (secondary N) is 3. The third-order valence-corrected chi connectivity index (χ3v) is 2.49. The number of urea groups is 1. The van der Waals surface area contributed by atoms with Gasteiger partial charge in [-0.2, -0.15) is 0 Å². The zero-order chi connectivity index (χ0) is 14.4. The molecule has 0 saturated heterocycles. The number of anilines is 1. The van der Waals surface area contributed by atoms with Gasteiger partial charge >= 0.3 is 6.03 Å². The molecule has 0 bridgehead atoms. The van der Waals surface area contributed by atoms with Crippen LogP contribution in [0.3, 0.4) is 0 Å². The number of hydrogen-bond acceptors (Lipinski definition) is 4. The summed E-state index contributed by atoms with van der Waals surface area (Å²) in [7, 11) is 1.50. The number of halogens is 1. The molecule has 0 fully saturated rings. The number of hydrogen-bond donors (Lipinski definition) is 4. The van der Waals surface area contributed by atoms with E-state index in [0.29, 0.717) is 16.3 Å².